The van der Waals surface area contributed by atoms with Gasteiger partial charge in [-0.15, -0.1) is 0 Å². The van der Waals surface area contributed by atoms with Gasteiger partial charge >= 0.3 is 5.63 Å². The molecule has 6 nitrogen and oxygen atoms in total. The Labute approximate surface area is 142 Å². The van der Waals surface area contributed by atoms with Gasteiger partial charge in [0, 0.05) is 23.7 Å². The smallest absolute Gasteiger partial charge is 0.336 e. The number of carbonyl (C=O) groups is 1. The minimum absolute atomic E-state index is 0.240. The molecule has 0 unspecified atom stereocenters. The molecule has 0 saturated carbocycles. The lowest BCUT2D eigenvalue weighted by Gasteiger charge is -2.10. The third kappa shape index (κ3) is 3.55. The maximum atomic E-state index is 11.9. The van der Waals surface area contributed by atoms with Crippen LogP contribution >= 0.6 is 11.6 Å². The zero-order valence-electron chi connectivity index (χ0n) is 12.7. The molecule has 0 aliphatic carbocycles. The van der Waals surface area contributed by atoms with E-state index in [1.807, 2.05) is 0 Å². The third-order valence-corrected chi connectivity index (χ3v) is 3.60. The summed E-state index contributed by atoms with van der Waals surface area (Å²) >= 11 is 6.17. The van der Waals surface area contributed by atoms with Crippen molar-refractivity contribution in [1.29, 1.82) is 0 Å². The highest BCUT2D eigenvalue weighted by atomic mass is 35.5. The first-order chi connectivity index (χ1) is 11.5. The van der Waals surface area contributed by atoms with Crippen LogP contribution in [0, 0.1) is 6.92 Å². The van der Waals surface area contributed by atoms with Crippen molar-refractivity contribution in [3.63, 3.8) is 0 Å². The number of anilines is 1. The molecular formula is C17H13ClN2O4. The van der Waals surface area contributed by atoms with Gasteiger partial charge in [0.05, 0.1) is 16.9 Å². The molecule has 1 amide bonds. The van der Waals surface area contributed by atoms with Gasteiger partial charge in [-0.05, 0) is 30.7 Å². The van der Waals surface area contributed by atoms with Crippen LogP contribution in [0.3, 0.4) is 0 Å². The van der Waals surface area contributed by atoms with E-state index in [1.165, 1.54) is 18.3 Å². The monoisotopic (exact) mass is 344 g/mol. The molecule has 0 fully saturated rings. The summed E-state index contributed by atoms with van der Waals surface area (Å²) in [5.41, 5.74) is 1.22. The molecule has 24 heavy (non-hydrogen) atoms. The fraction of sp³-hybridized carbons (Fsp3) is 0.118. The van der Waals surface area contributed by atoms with E-state index in [0.29, 0.717) is 21.7 Å². The van der Waals surface area contributed by atoms with Crippen LogP contribution in [-0.2, 0) is 4.79 Å². The highest BCUT2D eigenvalue weighted by molar-refractivity contribution is 6.32. The molecule has 0 atom stereocenters. The van der Waals surface area contributed by atoms with E-state index in [0.717, 1.165) is 5.56 Å². The number of aromatic nitrogens is 1. The summed E-state index contributed by atoms with van der Waals surface area (Å²) in [5, 5.41) is 3.69. The van der Waals surface area contributed by atoms with Gasteiger partial charge in [0.15, 0.2) is 6.61 Å². The first kappa shape index (κ1) is 16.0. The van der Waals surface area contributed by atoms with Crippen molar-refractivity contribution >= 4 is 34.2 Å². The van der Waals surface area contributed by atoms with Gasteiger partial charge < -0.3 is 14.5 Å². The third-order valence-electron chi connectivity index (χ3n) is 3.31. The molecule has 2 heterocycles. The molecule has 7 heteroatoms. The van der Waals surface area contributed by atoms with Crippen LogP contribution in [-0.4, -0.2) is 17.5 Å². The number of hydrogen-bond donors (Lipinski definition) is 1. The molecule has 1 aromatic carbocycles. The highest BCUT2D eigenvalue weighted by Gasteiger charge is 2.11. The molecular weight excluding hydrogens is 332 g/mol. The van der Waals surface area contributed by atoms with Crippen LogP contribution in [0.4, 0.5) is 5.69 Å². The number of benzene rings is 1. The second-order valence-electron chi connectivity index (χ2n) is 5.11. The van der Waals surface area contributed by atoms with Crippen LogP contribution in [0.5, 0.6) is 5.75 Å². The number of ether oxygens (including phenoxy) is 1. The molecule has 122 valence electrons. The average molecular weight is 345 g/mol. The molecule has 0 bridgehead atoms. The highest BCUT2D eigenvalue weighted by Crippen LogP contribution is 2.30. The maximum absolute atomic E-state index is 11.9. The zero-order chi connectivity index (χ0) is 17.1. The lowest BCUT2D eigenvalue weighted by molar-refractivity contribution is -0.118. The number of carbonyl (C=O) groups excluding carboxylic acids is 1. The van der Waals surface area contributed by atoms with Crippen molar-refractivity contribution < 1.29 is 13.9 Å². The number of hydrogen-bond acceptors (Lipinski definition) is 5. The van der Waals surface area contributed by atoms with Crippen LogP contribution < -0.4 is 15.7 Å². The first-order valence-electron chi connectivity index (χ1n) is 7.09. The summed E-state index contributed by atoms with van der Waals surface area (Å²) < 4.78 is 10.6. The summed E-state index contributed by atoms with van der Waals surface area (Å²) in [6.45, 7) is 1.55. The Morgan fingerprint density at radius 2 is 2.21 bits per heavy atom. The summed E-state index contributed by atoms with van der Waals surface area (Å²) in [4.78, 5) is 27.2. The molecule has 0 aliphatic heterocycles. The van der Waals surface area contributed by atoms with E-state index in [1.54, 1.807) is 31.3 Å². The predicted octanol–water partition coefficient (Wildman–Crippen LogP) is 3.17. The standard InChI is InChI=1S/C17H13ClN2O4/c1-10-5-17(22)24-14-7-15(13(18)6-12(10)14)23-9-16(21)20-11-3-2-4-19-8-11/h2-8H,9H2,1H3,(H,20,21). The van der Waals surface area contributed by atoms with Gasteiger partial charge in [-0.25, -0.2) is 4.79 Å². The minimum atomic E-state index is -0.456. The molecule has 2 aromatic heterocycles. The number of nitrogens with one attached hydrogen (secondary N) is 1. The average Bonchev–Trinajstić information content (AvgIpc) is 2.55. The van der Waals surface area contributed by atoms with E-state index < -0.39 is 5.63 Å². The number of halogens is 1. The van der Waals surface area contributed by atoms with Gasteiger partial charge in [-0.3, -0.25) is 9.78 Å². The fourth-order valence-corrected chi connectivity index (χ4v) is 2.43. The van der Waals surface area contributed by atoms with Crippen LogP contribution in [0.25, 0.3) is 11.0 Å². The first-order valence-corrected chi connectivity index (χ1v) is 7.47. The minimum Gasteiger partial charge on any atom is -0.482 e. The van der Waals surface area contributed by atoms with Gasteiger partial charge in [0.2, 0.25) is 0 Å². The normalized spacial score (nSPS) is 10.6. The zero-order valence-corrected chi connectivity index (χ0v) is 13.5. The van der Waals surface area contributed by atoms with E-state index in [-0.39, 0.29) is 18.3 Å². The number of pyridine rings is 1. The Morgan fingerprint density at radius 3 is 2.96 bits per heavy atom. The number of nitrogens with zero attached hydrogens (tertiary/aromatic N) is 1. The molecule has 1 N–H and O–H groups in total. The van der Waals surface area contributed by atoms with E-state index in [2.05, 4.69) is 10.3 Å². The van der Waals surface area contributed by atoms with E-state index in [9.17, 15) is 9.59 Å². The summed E-state index contributed by atoms with van der Waals surface area (Å²) in [5.74, 6) is -0.0934. The van der Waals surface area contributed by atoms with Crippen molar-refractivity contribution in [2.75, 3.05) is 11.9 Å². The molecule has 0 saturated heterocycles. The summed E-state index contributed by atoms with van der Waals surface area (Å²) in [7, 11) is 0. The number of amides is 1. The topological polar surface area (TPSA) is 81.4 Å². The molecule has 0 aliphatic rings. The largest absolute Gasteiger partial charge is 0.482 e. The second kappa shape index (κ2) is 6.72. The Bertz CT molecular complexity index is 954. The molecule has 3 aromatic rings. The lowest BCUT2D eigenvalue weighted by atomic mass is 10.1. The van der Waals surface area contributed by atoms with Crippen molar-refractivity contribution in [1.82, 2.24) is 4.98 Å². The maximum Gasteiger partial charge on any atom is 0.336 e. The Kier molecular flexibility index (Phi) is 4.48. The van der Waals surface area contributed by atoms with E-state index in [4.69, 9.17) is 20.8 Å². The van der Waals surface area contributed by atoms with Gasteiger partial charge in [0.1, 0.15) is 11.3 Å². The quantitative estimate of drug-likeness (QED) is 0.735. The van der Waals surface area contributed by atoms with E-state index >= 15 is 0 Å². The Morgan fingerprint density at radius 1 is 1.38 bits per heavy atom. The van der Waals surface area contributed by atoms with Crippen molar-refractivity contribution in [3.8, 4) is 5.75 Å². The summed E-state index contributed by atoms with van der Waals surface area (Å²) in [6.07, 6.45) is 3.13. The predicted molar refractivity (Wildman–Crippen MR) is 90.6 cm³/mol. The number of fused-ring (bicyclic) bond motifs is 1. The number of rotatable bonds is 4. The molecule has 3 rings (SSSR count). The molecule has 0 spiro atoms. The Balaban J connectivity index is 1.76. The molecule has 0 radical (unpaired) electrons. The van der Waals surface area contributed by atoms with Crippen molar-refractivity contribution in [2.24, 2.45) is 0 Å². The number of aryl methyl sites for hydroxylation is 1. The van der Waals surface area contributed by atoms with Gasteiger partial charge in [-0.1, -0.05) is 11.6 Å². The van der Waals surface area contributed by atoms with Crippen LogP contribution in [0.1, 0.15) is 5.56 Å². The second-order valence-corrected chi connectivity index (χ2v) is 5.51. The van der Waals surface area contributed by atoms with Crippen LogP contribution in [0.2, 0.25) is 5.02 Å². The summed E-state index contributed by atoms with van der Waals surface area (Å²) in [6, 6.07) is 7.96. The van der Waals surface area contributed by atoms with Gasteiger partial charge in [-0.2, -0.15) is 0 Å². The SMILES string of the molecule is Cc1cc(=O)oc2cc(OCC(=O)Nc3cccnc3)c(Cl)cc12. The van der Waals surface area contributed by atoms with Crippen molar-refractivity contribution in [3.05, 3.63) is 63.7 Å². The van der Waals surface area contributed by atoms with Crippen LogP contribution in [0.15, 0.2) is 51.9 Å². The fourth-order valence-electron chi connectivity index (χ4n) is 2.21. The van der Waals surface area contributed by atoms with Crippen molar-refractivity contribution in [2.45, 2.75) is 6.92 Å². The van der Waals surface area contributed by atoms with Gasteiger partial charge in [0.25, 0.3) is 5.91 Å². The Hall–Kier alpha value is -2.86. The lowest BCUT2D eigenvalue weighted by Crippen LogP contribution is -2.20.